The van der Waals surface area contributed by atoms with E-state index in [-0.39, 0.29) is 11.8 Å². The van der Waals surface area contributed by atoms with Crippen LogP contribution in [0.5, 0.6) is 0 Å². The molecule has 1 amide bonds. The first-order chi connectivity index (χ1) is 9.31. The molecule has 0 saturated heterocycles. The minimum atomic E-state index is 0.174. The number of anilines is 2. The molecule has 2 saturated carbocycles. The van der Waals surface area contributed by atoms with E-state index in [1.165, 1.54) is 32.1 Å². The minimum absolute atomic E-state index is 0.174. The first-order valence-corrected chi connectivity index (χ1v) is 7.49. The zero-order chi connectivity index (χ0) is 13.1. The molecule has 0 radical (unpaired) electrons. The largest absolute Gasteiger partial charge is 0.382 e. The van der Waals surface area contributed by atoms with Crippen molar-refractivity contribution in [2.45, 2.75) is 51.0 Å². The van der Waals surface area contributed by atoms with Crippen LogP contribution in [0.2, 0.25) is 0 Å². The van der Waals surface area contributed by atoms with Crippen molar-refractivity contribution in [2.75, 3.05) is 10.6 Å². The summed E-state index contributed by atoms with van der Waals surface area (Å²) in [7, 11) is 0. The van der Waals surface area contributed by atoms with E-state index in [0.717, 1.165) is 24.2 Å². The van der Waals surface area contributed by atoms with Gasteiger partial charge >= 0.3 is 0 Å². The van der Waals surface area contributed by atoms with Gasteiger partial charge in [0.05, 0.1) is 0 Å². The van der Waals surface area contributed by atoms with E-state index in [9.17, 15) is 4.79 Å². The topological polar surface area (TPSA) is 41.1 Å². The van der Waals surface area contributed by atoms with E-state index in [1.54, 1.807) is 0 Å². The van der Waals surface area contributed by atoms with Crippen molar-refractivity contribution in [1.82, 2.24) is 0 Å². The van der Waals surface area contributed by atoms with Gasteiger partial charge in [-0.15, -0.1) is 0 Å². The van der Waals surface area contributed by atoms with E-state index in [2.05, 4.69) is 22.8 Å². The molecule has 0 heterocycles. The van der Waals surface area contributed by atoms with Crippen molar-refractivity contribution in [3.63, 3.8) is 0 Å². The number of carbonyl (C=O) groups is 1. The molecule has 1 aromatic rings. The average Bonchev–Trinajstić information content (AvgIpc) is 3.27. The van der Waals surface area contributed by atoms with Gasteiger partial charge < -0.3 is 10.6 Å². The van der Waals surface area contributed by atoms with Crippen LogP contribution in [0.25, 0.3) is 0 Å². The molecule has 19 heavy (non-hydrogen) atoms. The quantitative estimate of drug-likeness (QED) is 0.863. The predicted octanol–water partition coefficient (Wildman–Crippen LogP) is 3.78. The molecule has 3 nitrogen and oxygen atoms in total. The summed E-state index contributed by atoms with van der Waals surface area (Å²) in [6.45, 7) is 0. The summed E-state index contributed by atoms with van der Waals surface area (Å²) in [5.74, 6) is 0.438. The number of hydrogen-bond donors (Lipinski definition) is 2. The third kappa shape index (κ3) is 3.49. The predicted molar refractivity (Wildman–Crippen MR) is 78.3 cm³/mol. The van der Waals surface area contributed by atoms with Crippen LogP contribution in [0, 0.1) is 5.92 Å². The number of hydrogen-bond acceptors (Lipinski definition) is 2. The van der Waals surface area contributed by atoms with Gasteiger partial charge in [0, 0.05) is 23.3 Å². The van der Waals surface area contributed by atoms with Crippen LogP contribution in [-0.4, -0.2) is 11.9 Å². The first-order valence-electron chi connectivity index (χ1n) is 7.49. The Labute approximate surface area is 114 Å². The van der Waals surface area contributed by atoms with Gasteiger partial charge in [-0.05, 0) is 49.9 Å². The Kier molecular flexibility index (Phi) is 3.72. The summed E-state index contributed by atoms with van der Waals surface area (Å²) in [5.41, 5.74) is 2.07. The second kappa shape index (κ2) is 5.64. The fourth-order valence-electron chi connectivity index (χ4n) is 2.72. The molecule has 0 spiro atoms. The van der Waals surface area contributed by atoms with Gasteiger partial charge in [-0.1, -0.05) is 19.3 Å². The highest BCUT2D eigenvalue weighted by Gasteiger charge is 2.29. The second-order valence-corrected chi connectivity index (χ2v) is 5.82. The normalized spacial score (nSPS) is 20.0. The summed E-state index contributed by atoms with van der Waals surface area (Å²) < 4.78 is 0. The van der Waals surface area contributed by atoms with Gasteiger partial charge in [-0.25, -0.2) is 0 Å². The van der Waals surface area contributed by atoms with Crippen LogP contribution in [0.3, 0.4) is 0 Å². The van der Waals surface area contributed by atoms with Gasteiger partial charge in [0.2, 0.25) is 5.91 Å². The molecule has 1 aromatic carbocycles. The molecular formula is C16H22N2O. The Morgan fingerprint density at radius 1 is 0.895 bits per heavy atom. The highest BCUT2D eigenvalue weighted by molar-refractivity contribution is 5.94. The lowest BCUT2D eigenvalue weighted by molar-refractivity contribution is -0.117. The minimum Gasteiger partial charge on any atom is -0.382 e. The van der Waals surface area contributed by atoms with Crippen molar-refractivity contribution < 1.29 is 4.79 Å². The second-order valence-electron chi connectivity index (χ2n) is 5.82. The van der Waals surface area contributed by atoms with Crippen molar-refractivity contribution in [2.24, 2.45) is 5.92 Å². The third-order valence-corrected chi connectivity index (χ3v) is 4.08. The van der Waals surface area contributed by atoms with E-state index in [4.69, 9.17) is 0 Å². The first kappa shape index (κ1) is 12.5. The van der Waals surface area contributed by atoms with Crippen LogP contribution < -0.4 is 10.6 Å². The fourth-order valence-corrected chi connectivity index (χ4v) is 2.72. The van der Waals surface area contributed by atoms with Crippen LogP contribution in [0.1, 0.15) is 44.9 Å². The summed E-state index contributed by atoms with van der Waals surface area (Å²) in [6.07, 6.45) is 8.71. The molecule has 0 aliphatic heterocycles. The fraction of sp³-hybridized carbons (Fsp3) is 0.562. The van der Waals surface area contributed by atoms with E-state index < -0.39 is 0 Å². The molecule has 2 aliphatic carbocycles. The highest BCUT2D eigenvalue weighted by atomic mass is 16.2. The SMILES string of the molecule is O=C(Nc1ccc(NC2CCCCC2)cc1)C1CC1. The smallest absolute Gasteiger partial charge is 0.227 e. The molecular weight excluding hydrogens is 236 g/mol. The summed E-state index contributed by atoms with van der Waals surface area (Å²) in [6, 6.07) is 8.74. The Morgan fingerprint density at radius 3 is 2.16 bits per heavy atom. The Balaban J connectivity index is 1.54. The summed E-state index contributed by atoms with van der Waals surface area (Å²) >= 11 is 0. The summed E-state index contributed by atoms with van der Waals surface area (Å²) in [4.78, 5) is 11.6. The number of amides is 1. The molecule has 2 N–H and O–H groups in total. The maximum atomic E-state index is 11.6. The van der Waals surface area contributed by atoms with Gasteiger partial charge in [0.1, 0.15) is 0 Å². The molecule has 3 rings (SSSR count). The molecule has 0 bridgehead atoms. The van der Waals surface area contributed by atoms with E-state index >= 15 is 0 Å². The van der Waals surface area contributed by atoms with Gasteiger partial charge in [0.25, 0.3) is 0 Å². The molecule has 102 valence electrons. The lowest BCUT2D eigenvalue weighted by Gasteiger charge is -2.23. The van der Waals surface area contributed by atoms with Crippen LogP contribution in [-0.2, 0) is 4.79 Å². The average molecular weight is 258 g/mol. The van der Waals surface area contributed by atoms with E-state index in [1.807, 2.05) is 12.1 Å². The van der Waals surface area contributed by atoms with Crippen molar-refractivity contribution in [1.29, 1.82) is 0 Å². The molecule has 0 unspecified atom stereocenters. The summed E-state index contributed by atoms with van der Waals surface area (Å²) in [5, 5.41) is 6.55. The maximum absolute atomic E-state index is 11.6. The standard InChI is InChI=1S/C16H22N2O/c19-16(12-6-7-12)18-15-10-8-14(9-11-15)17-13-4-2-1-3-5-13/h8-13,17H,1-7H2,(H,18,19). The van der Waals surface area contributed by atoms with E-state index in [0.29, 0.717) is 6.04 Å². The van der Waals surface area contributed by atoms with Crippen molar-refractivity contribution in [3.05, 3.63) is 24.3 Å². The number of benzene rings is 1. The lowest BCUT2D eigenvalue weighted by Crippen LogP contribution is -2.22. The van der Waals surface area contributed by atoms with Crippen LogP contribution >= 0.6 is 0 Å². The Hall–Kier alpha value is -1.51. The van der Waals surface area contributed by atoms with Gasteiger partial charge in [-0.2, -0.15) is 0 Å². The Morgan fingerprint density at radius 2 is 1.53 bits per heavy atom. The number of rotatable bonds is 4. The van der Waals surface area contributed by atoms with Crippen LogP contribution in [0.4, 0.5) is 11.4 Å². The lowest BCUT2D eigenvalue weighted by atomic mass is 9.95. The van der Waals surface area contributed by atoms with Crippen LogP contribution in [0.15, 0.2) is 24.3 Å². The van der Waals surface area contributed by atoms with Crippen molar-refractivity contribution >= 4 is 17.3 Å². The zero-order valence-corrected chi connectivity index (χ0v) is 11.3. The highest BCUT2D eigenvalue weighted by Crippen LogP contribution is 2.30. The molecule has 0 aromatic heterocycles. The Bertz CT molecular complexity index is 431. The monoisotopic (exact) mass is 258 g/mol. The maximum Gasteiger partial charge on any atom is 0.227 e. The zero-order valence-electron chi connectivity index (χ0n) is 11.3. The molecule has 2 aliphatic rings. The van der Waals surface area contributed by atoms with Gasteiger partial charge in [-0.3, -0.25) is 4.79 Å². The number of nitrogens with one attached hydrogen (secondary N) is 2. The third-order valence-electron chi connectivity index (χ3n) is 4.08. The van der Waals surface area contributed by atoms with Gasteiger partial charge in [0.15, 0.2) is 0 Å². The molecule has 3 heteroatoms. The number of carbonyl (C=O) groups excluding carboxylic acids is 1. The molecule has 2 fully saturated rings. The molecule has 0 atom stereocenters. The van der Waals surface area contributed by atoms with Crippen molar-refractivity contribution in [3.8, 4) is 0 Å².